The molecule has 9 nitrogen and oxygen atoms in total. The number of fused-ring (bicyclic) bond motifs is 2. The van der Waals surface area contributed by atoms with E-state index >= 15 is 4.39 Å². The van der Waals surface area contributed by atoms with E-state index in [0.717, 1.165) is 12.8 Å². The van der Waals surface area contributed by atoms with Gasteiger partial charge in [0, 0.05) is 41.2 Å². The van der Waals surface area contributed by atoms with Crippen LogP contribution in [0, 0.1) is 18.7 Å². The smallest absolute Gasteiger partial charge is 0.252 e. The average molecular weight is 523 g/mol. The van der Waals surface area contributed by atoms with Crippen LogP contribution in [0.5, 0.6) is 11.5 Å². The summed E-state index contributed by atoms with van der Waals surface area (Å²) in [6.07, 6.45) is 6.27. The first-order valence-electron chi connectivity index (χ1n) is 12.2. The number of hydrogen-bond donors (Lipinski definition) is 4. The third-order valence-electron chi connectivity index (χ3n) is 6.76. The fourth-order valence-corrected chi connectivity index (χ4v) is 4.27. The molecule has 2 aliphatic carbocycles. The minimum absolute atomic E-state index is 0.0619. The van der Waals surface area contributed by atoms with Crippen molar-refractivity contribution < 1.29 is 23.8 Å². The van der Waals surface area contributed by atoms with Gasteiger partial charge in [-0.2, -0.15) is 0 Å². The van der Waals surface area contributed by atoms with Crippen molar-refractivity contribution in [2.75, 3.05) is 0 Å². The number of aliphatic hydroxyl groups is 1. The predicted molar refractivity (Wildman–Crippen MR) is 145 cm³/mol. The zero-order chi connectivity index (χ0) is 27.9. The van der Waals surface area contributed by atoms with Crippen LogP contribution in [0.25, 0.3) is 10.9 Å². The molecule has 5 N–H and O–H groups in total. The van der Waals surface area contributed by atoms with Gasteiger partial charge in [-0.05, 0) is 67.1 Å². The number of carbonyl (C=O) groups is 2. The number of allylic oxidation sites excluding steroid dienone is 1. The second kappa shape index (κ2) is 9.85. The van der Waals surface area contributed by atoms with Gasteiger partial charge in [-0.3, -0.25) is 19.6 Å². The maximum atomic E-state index is 15.0. The van der Waals surface area contributed by atoms with Gasteiger partial charge in [0.1, 0.15) is 33.0 Å². The zero-order valence-electron chi connectivity index (χ0n) is 21.1. The largest absolute Gasteiger partial charge is 0.456 e. The monoisotopic (exact) mass is 523 g/mol. The molecular formula is C27H24B2FN5O4. The standard InChI is InChI=1S/C27H24B2FN5O4/c1-14-6-16(8-24(36)34-18(12-31)13-33-26-10-17(26)11-26)20(30)9-23(14)39-22-4-5-32-21-3-2-15(7-19(21)22)25(37)35-27(28,29)38/h2-7,9,12-13,17,38H,8,10-11,31H2,1H3,(H,34,36)(H,35,37)/b18-12+,33-13?. The maximum absolute atomic E-state index is 15.0. The third-order valence-corrected chi connectivity index (χ3v) is 6.76. The molecule has 3 aromatic rings. The van der Waals surface area contributed by atoms with Crippen LogP contribution in [-0.4, -0.2) is 54.9 Å². The van der Waals surface area contributed by atoms with Crippen LogP contribution in [0.1, 0.15) is 34.3 Å². The Hall–Kier alpha value is -4.18. The molecular weight excluding hydrogens is 499 g/mol. The fourth-order valence-electron chi connectivity index (χ4n) is 4.27. The first-order valence-corrected chi connectivity index (χ1v) is 12.2. The number of benzene rings is 2. The van der Waals surface area contributed by atoms with Gasteiger partial charge in [0.15, 0.2) is 0 Å². The Morgan fingerprint density at radius 3 is 2.69 bits per heavy atom. The summed E-state index contributed by atoms with van der Waals surface area (Å²) in [4.78, 5) is 33.7. The molecule has 1 heterocycles. The van der Waals surface area contributed by atoms with Crippen LogP contribution in [0.3, 0.4) is 0 Å². The number of aromatic nitrogens is 1. The quantitative estimate of drug-likeness (QED) is 0.192. The number of halogens is 1. The number of carbonyl (C=O) groups excluding carboxylic acids is 2. The second-order valence-corrected chi connectivity index (χ2v) is 9.95. The molecule has 1 aromatic heterocycles. The topological polar surface area (TPSA) is 139 Å². The lowest BCUT2D eigenvalue weighted by Gasteiger charge is -2.20. The van der Waals surface area contributed by atoms with Crippen LogP contribution >= 0.6 is 0 Å². The number of pyridine rings is 1. The second-order valence-electron chi connectivity index (χ2n) is 9.95. The van der Waals surface area contributed by atoms with Crippen molar-refractivity contribution in [1.29, 1.82) is 0 Å². The summed E-state index contributed by atoms with van der Waals surface area (Å²) >= 11 is 0. The Morgan fingerprint density at radius 1 is 1.28 bits per heavy atom. The molecule has 2 aliphatic rings. The number of aryl methyl sites for hydroxylation is 1. The normalized spacial score (nSPS) is 20.0. The van der Waals surface area contributed by atoms with Gasteiger partial charge in [-0.25, -0.2) is 4.39 Å². The summed E-state index contributed by atoms with van der Waals surface area (Å²) in [6, 6.07) is 8.86. The summed E-state index contributed by atoms with van der Waals surface area (Å²) < 4.78 is 21.0. The van der Waals surface area contributed by atoms with Crippen molar-refractivity contribution in [3.63, 3.8) is 0 Å². The van der Waals surface area contributed by atoms with Crippen molar-refractivity contribution in [1.82, 2.24) is 15.6 Å². The SMILES string of the molecule is [B]C([B])(O)NC(=O)c1ccc2nccc(Oc3cc(F)c(CC(=O)N/C(C=NC45CC4C5)=C/N)cc3C)c2c1. The summed E-state index contributed by atoms with van der Waals surface area (Å²) in [5.41, 5.74) is 5.07. The number of nitrogens with two attached hydrogens (primary N) is 1. The Labute approximate surface area is 226 Å². The molecule has 2 aromatic carbocycles. The molecule has 2 fully saturated rings. The third kappa shape index (κ3) is 5.96. The van der Waals surface area contributed by atoms with Gasteiger partial charge < -0.3 is 26.2 Å². The summed E-state index contributed by atoms with van der Waals surface area (Å²) in [7, 11) is 10.5. The molecule has 5 rings (SSSR count). The van der Waals surface area contributed by atoms with E-state index in [1.807, 2.05) is 0 Å². The molecule has 0 bridgehead atoms. The van der Waals surface area contributed by atoms with Crippen LogP contribution in [0.2, 0.25) is 0 Å². The highest BCUT2D eigenvalue weighted by Gasteiger charge is 2.70. The number of hydrogen-bond acceptors (Lipinski definition) is 7. The van der Waals surface area contributed by atoms with E-state index in [0.29, 0.717) is 33.8 Å². The lowest BCUT2D eigenvalue weighted by Crippen LogP contribution is -2.49. The van der Waals surface area contributed by atoms with E-state index in [1.165, 1.54) is 36.7 Å². The van der Waals surface area contributed by atoms with Crippen LogP contribution in [-0.2, 0) is 11.2 Å². The molecule has 0 unspecified atom stereocenters. The van der Waals surface area contributed by atoms with Crippen molar-refractivity contribution >= 4 is 44.6 Å². The van der Waals surface area contributed by atoms with E-state index < -0.39 is 23.2 Å². The molecule has 2 amide bonds. The lowest BCUT2D eigenvalue weighted by molar-refractivity contribution is -0.119. The number of nitrogens with zero attached hydrogens (tertiary/aromatic N) is 2. The summed E-state index contributed by atoms with van der Waals surface area (Å²) in [5.74, 6) is -0.584. The van der Waals surface area contributed by atoms with E-state index in [2.05, 4.69) is 20.6 Å². The Morgan fingerprint density at radius 2 is 2.03 bits per heavy atom. The number of ether oxygens (including phenoxy) is 1. The maximum Gasteiger partial charge on any atom is 0.252 e. The van der Waals surface area contributed by atoms with E-state index in [4.69, 9.17) is 26.2 Å². The summed E-state index contributed by atoms with van der Waals surface area (Å²) in [5, 5.41) is 14.6. The Balaban J connectivity index is 1.31. The van der Waals surface area contributed by atoms with Gasteiger partial charge in [0.05, 0.1) is 23.2 Å². The van der Waals surface area contributed by atoms with Gasteiger partial charge in [-0.1, -0.05) is 0 Å². The minimum Gasteiger partial charge on any atom is -0.456 e. The molecule has 0 atom stereocenters. The zero-order valence-corrected chi connectivity index (χ0v) is 21.1. The van der Waals surface area contributed by atoms with Crippen molar-refractivity contribution in [3.05, 3.63) is 77.0 Å². The fraction of sp³-hybridized carbons (Fsp3) is 0.259. The number of amides is 2. The first kappa shape index (κ1) is 26.4. The van der Waals surface area contributed by atoms with Crippen molar-refractivity contribution in [3.8, 4) is 11.5 Å². The summed E-state index contributed by atoms with van der Waals surface area (Å²) in [6.45, 7) is 1.72. The molecule has 0 saturated heterocycles. The van der Waals surface area contributed by atoms with Gasteiger partial charge in [0.25, 0.3) is 5.91 Å². The van der Waals surface area contributed by atoms with E-state index in [9.17, 15) is 14.7 Å². The van der Waals surface area contributed by atoms with Gasteiger partial charge in [0.2, 0.25) is 5.91 Å². The van der Waals surface area contributed by atoms with Crippen LogP contribution in [0.15, 0.2) is 59.5 Å². The molecule has 39 heavy (non-hydrogen) atoms. The number of nitrogens with one attached hydrogen (secondary N) is 2. The number of rotatable bonds is 9. The highest BCUT2D eigenvalue weighted by Crippen LogP contribution is 2.69. The first-order chi connectivity index (χ1) is 18.5. The number of aliphatic imine (C=N–C) groups is 1. The van der Waals surface area contributed by atoms with Crippen molar-refractivity contribution in [2.45, 2.75) is 37.2 Å². The Bertz CT molecular complexity index is 1550. The highest BCUT2D eigenvalue weighted by atomic mass is 19.1. The molecule has 194 valence electrons. The molecule has 0 aliphatic heterocycles. The molecule has 12 heteroatoms. The minimum atomic E-state index is -2.39. The predicted octanol–water partition coefficient (Wildman–Crippen LogP) is 1.84. The molecule has 4 radical (unpaired) electrons. The van der Waals surface area contributed by atoms with E-state index in [-0.39, 0.29) is 28.8 Å². The Kier molecular flexibility index (Phi) is 6.67. The van der Waals surface area contributed by atoms with Gasteiger partial charge in [-0.15, -0.1) is 0 Å². The van der Waals surface area contributed by atoms with Gasteiger partial charge >= 0.3 is 0 Å². The van der Waals surface area contributed by atoms with Crippen LogP contribution in [0.4, 0.5) is 4.39 Å². The molecule has 2 saturated carbocycles. The average Bonchev–Trinajstić information content (AvgIpc) is 3.74. The molecule has 0 spiro atoms. The van der Waals surface area contributed by atoms with Crippen molar-refractivity contribution in [2.24, 2.45) is 16.6 Å². The highest BCUT2D eigenvalue weighted by molar-refractivity contribution is 6.39. The van der Waals surface area contributed by atoms with E-state index in [1.54, 1.807) is 25.3 Å². The van der Waals surface area contributed by atoms with Crippen LogP contribution < -0.4 is 21.1 Å². The lowest BCUT2D eigenvalue weighted by atomic mass is 9.73.